The number of rotatable bonds is 27. The van der Waals surface area contributed by atoms with E-state index in [0.717, 1.165) is 33.4 Å². The van der Waals surface area contributed by atoms with Crippen molar-refractivity contribution in [3.8, 4) is 94.5 Å². The third-order valence-corrected chi connectivity index (χ3v) is 11.9. The van der Waals surface area contributed by atoms with Crippen molar-refractivity contribution in [1.29, 1.82) is 0 Å². The summed E-state index contributed by atoms with van der Waals surface area (Å²) >= 11 is 0. The molecule has 3 N–H and O–H groups in total. The molecule has 0 aliphatic heterocycles. The molecule has 5 aromatic rings. The van der Waals surface area contributed by atoms with Crippen molar-refractivity contribution in [2.24, 2.45) is 0 Å². The lowest BCUT2D eigenvalue weighted by Gasteiger charge is -2.25. The van der Waals surface area contributed by atoms with E-state index in [1.165, 1.54) is 0 Å². The standard InChI is InChI=1S/C60H60O15/c1-7-16-67-55-25-40(37-61)10-13-49(55)70-19-22-73-58-34-46-28-44-32-53(65-5)60(75-24-21-72-51-15-12-42(39-63)27-57(51)69-18-9-3)36-48(44)30-45-33-54(66-6)59(35-47(45)29-43(46)31-52(58)64-4)74-23-20-71-50-14-11-41(38-62)26-56(50)68-17-8-2/h1-3,10-15,25-28,31-36,60-63H,16-24,29-30,37-39H2,4-6H3/b44-28+. The van der Waals surface area contributed by atoms with Crippen LogP contribution in [0.2, 0.25) is 0 Å². The largest absolute Gasteiger partial charge is 0.498 e. The summed E-state index contributed by atoms with van der Waals surface area (Å²) in [6.07, 6.45) is 22.8. The van der Waals surface area contributed by atoms with Gasteiger partial charge < -0.3 is 72.2 Å². The predicted molar refractivity (Wildman–Crippen MR) is 281 cm³/mol. The molecule has 1 atom stereocenters. The lowest BCUT2D eigenvalue weighted by molar-refractivity contribution is 0.0471. The van der Waals surface area contributed by atoms with Crippen molar-refractivity contribution in [2.45, 2.75) is 38.8 Å². The fourth-order valence-corrected chi connectivity index (χ4v) is 8.23. The summed E-state index contributed by atoms with van der Waals surface area (Å²) in [6, 6.07) is 23.4. The van der Waals surface area contributed by atoms with Crippen LogP contribution in [0.3, 0.4) is 0 Å². The van der Waals surface area contributed by atoms with Crippen LogP contribution in [0.5, 0.6) is 57.5 Å². The first kappa shape index (κ1) is 54.4. The zero-order chi connectivity index (χ0) is 52.9. The summed E-state index contributed by atoms with van der Waals surface area (Å²) in [7, 11) is 4.79. The minimum Gasteiger partial charge on any atom is -0.498 e. The molecule has 0 heterocycles. The Bertz CT molecular complexity index is 2990. The van der Waals surface area contributed by atoms with Gasteiger partial charge in [-0.25, -0.2) is 0 Å². The first-order valence-corrected chi connectivity index (χ1v) is 24.0. The Kier molecular flexibility index (Phi) is 20.0. The number of terminal acetylenes is 3. The maximum atomic E-state index is 9.67. The molecule has 0 saturated carbocycles. The summed E-state index contributed by atoms with van der Waals surface area (Å²) in [4.78, 5) is 0. The zero-order valence-corrected chi connectivity index (χ0v) is 42.2. The molecule has 0 bridgehead atoms. The molecule has 15 heteroatoms. The predicted octanol–water partition coefficient (Wildman–Crippen LogP) is 7.60. The molecular weight excluding hydrogens is 961 g/mol. The highest BCUT2D eigenvalue weighted by atomic mass is 16.6. The van der Waals surface area contributed by atoms with Crippen LogP contribution in [0, 0.1) is 37.0 Å². The van der Waals surface area contributed by atoms with E-state index in [9.17, 15) is 15.3 Å². The number of aliphatic hydroxyl groups is 3. The highest BCUT2D eigenvalue weighted by Gasteiger charge is 2.26. The average Bonchev–Trinajstić information content (AvgIpc) is 3.49. The third kappa shape index (κ3) is 14.4. The Hall–Kier alpha value is -8.36. The second-order valence-electron chi connectivity index (χ2n) is 16.7. The molecule has 0 fully saturated rings. The van der Waals surface area contributed by atoms with Gasteiger partial charge in [-0.05, 0) is 142 Å². The van der Waals surface area contributed by atoms with Gasteiger partial charge in [0, 0.05) is 0 Å². The van der Waals surface area contributed by atoms with Crippen LogP contribution in [0.15, 0.2) is 108 Å². The van der Waals surface area contributed by atoms with E-state index in [1.54, 1.807) is 75.9 Å². The van der Waals surface area contributed by atoms with Crippen molar-refractivity contribution in [3.05, 3.63) is 147 Å². The molecule has 0 saturated heterocycles. The van der Waals surface area contributed by atoms with Gasteiger partial charge in [-0.1, -0.05) is 36.0 Å². The number of hydrogen-bond acceptors (Lipinski definition) is 15. The first-order valence-electron chi connectivity index (χ1n) is 24.0. The Labute approximate surface area is 437 Å². The van der Waals surface area contributed by atoms with Crippen molar-refractivity contribution < 1.29 is 72.2 Å². The van der Waals surface area contributed by atoms with Crippen LogP contribution in [0.1, 0.15) is 38.9 Å². The van der Waals surface area contributed by atoms with E-state index in [-0.39, 0.29) is 79.3 Å². The van der Waals surface area contributed by atoms with Crippen LogP contribution < -0.4 is 47.4 Å². The van der Waals surface area contributed by atoms with E-state index in [1.807, 2.05) is 36.4 Å². The highest BCUT2D eigenvalue weighted by molar-refractivity contribution is 5.71. The summed E-state index contributed by atoms with van der Waals surface area (Å²) < 4.78 is 72.3. The Balaban J connectivity index is 1.17. The molecular formula is C60H60O15. The lowest BCUT2D eigenvalue weighted by Crippen LogP contribution is -2.22. The van der Waals surface area contributed by atoms with Crippen LogP contribution in [-0.4, -0.2) is 102 Å². The Morgan fingerprint density at radius 3 is 1.31 bits per heavy atom. The van der Waals surface area contributed by atoms with E-state index in [0.29, 0.717) is 92.8 Å². The lowest BCUT2D eigenvalue weighted by atomic mass is 9.89. The zero-order valence-electron chi connectivity index (χ0n) is 42.2. The highest BCUT2D eigenvalue weighted by Crippen LogP contribution is 2.41. The van der Waals surface area contributed by atoms with Crippen molar-refractivity contribution in [3.63, 3.8) is 0 Å². The van der Waals surface area contributed by atoms with Crippen molar-refractivity contribution in [2.75, 3.05) is 80.8 Å². The number of aliphatic hydroxyl groups excluding tert-OH is 3. The second-order valence-corrected chi connectivity index (χ2v) is 16.7. The fraction of sp³-hybridized carbons (Fsp3) is 0.300. The van der Waals surface area contributed by atoms with E-state index < -0.39 is 6.10 Å². The molecule has 15 nitrogen and oxygen atoms in total. The van der Waals surface area contributed by atoms with Crippen LogP contribution in [0.4, 0.5) is 0 Å². The Morgan fingerprint density at radius 2 is 0.853 bits per heavy atom. The number of hydrogen-bond donors (Lipinski definition) is 3. The smallest absolute Gasteiger partial charge is 0.163 e. The molecule has 2 aliphatic carbocycles. The molecule has 0 radical (unpaired) electrons. The molecule has 0 amide bonds. The van der Waals surface area contributed by atoms with Crippen LogP contribution in [0.25, 0.3) is 6.08 Å². The minimum absolute atomic E-state index is 0.0356. The second kappa shape index (κ2) is 27.6. The van der Waals surface area contributed by atoms with Crippen molar-refractivity contribution in [1.82, 2.24) is 0 Å². The molecule has 390 valence electrons. The summed E-state index contributed by atoms with van der Waals surface area (Å²) in [6.45, 7) is 0.609. The molecule has 2 aliphatic rings. The van der Waals surface area contributed by atoms with Gasteiger partial charge in [0.15, 0.2) is 57.5 Å². The fourth-order valence-electron chi connectivity index (χ4n) is 8.23. The van der Waals surface area contributed by atoms with Gasteiger partial charge in [-0.2, -0.15) is 0 Å². The molecule has 1 unspecified atom stereocenters. The normalized spacial score (nSPS) is 14.0. The molecule has 0 spiro atoms. The van der Waals surface area contributed by atoms with E-state index in [4.69, 9.17) is 76.1 Å². The van der Waals surface area contributed by atoms with Gasteiger partial charge in [0.2, 0.25) is 0 Å². The van der Waals surface area contributed by atoms with Gasteiger partial charge in [0.05, 0.1) is 47.8 Å². The van der Waals surface area contributed by atoms with Gasteiger partial charge in [-0.3, -0.25) is 0 Å². The number of ether oxygens (including phenoxy) is 12. The number of benzene rings is 5. The summed E-state index contributed by atoms with van der Waals surface area (Å²) in [5.74, 6) is 12.6. The van der Waals surface area contributed by atoms with E-state index in [2.05, 4.69) is 23.8 Å². The van der Waals surface area contributed by atoms with Gasteiger partial charge in [-0.15, -0.1) is 19.3 Å². The SMILES string of the molecule is C#CCOc1cc(CO)ccc1OCCOc1cc2c(cc1OC)Cc1cc(OCCOc3ccc(CO)cc3OCC#C)c(OC)cc1CC1=CC(OCCOc3ccc(CO)cc3OCC#C)C(OC)=C/C1=C\2. The average molecular weight is 1020 g/mol. The van der Waals surface area contributed by atoms with Gasteiger partial charge in [0.25, 0.3) is 0 Å². The van der Waals surface area contributed by atoms with Crippen molar-refractivity contribution >= 4 is 6.08 Å². The van der Waals surface area contributed by atoms with Crippen LogP contribution in [-0.2, 0) is 42.1 Å². The van der Waals surface area contributed by atoms with E-state index >= 15 is 0 Å². The summed E-state index contributed by atoms with van der Waals surface area (Å²) in [5, 5.41) is 29.0. The van der Waals surface area contributed by atoms with Gasteiger partial charge >= 0.3 is 0 Å². The topological polar surface area (TPSA) is 171 Å². The van der Waals surface area contributed by atoms with Crippen LogP contribution >= 0.6 is 0 Å². The number of allylic oxidation sites excluding steroid dienone is 3. The molecule has 0 aromatic heterocycles. The molecule has 7 rings (SSSR count). The minimum atomic E-state index is -0.572. The number of fused-ring (bicyclic) bond motifs is 3. The summed E-state index contributed by atoms with van der Waals surface area (Å²) in [5.41, 5.74) is 7.57. The number of methoxy groups -OCH3 is 3. The molecule has 75 heavy (non-hydrogen) atoms. The molecule has 5 aromatic carbocycles. The maximum absolute atomic E-state index is 9.67. The first-order chi connectivity index (χ1) is 36.7. The monoisotopic (exact) mass is 1020 g/mol. The quantitative estimate of drug-likeness (QED) is 0.0347. The maximum Gasteiger partial charge on any atom is 0.163 e. The van der Waals surface area contributed by atoms with Gasteiger partial charge in [0.1, 0.15) is 64.7 Å². The third-order valence-electron chi connectivity index (χ3n) is 11.9. The Morgan fingerprint density at radius 1 is 0.440 bits per heavy atom.